The number of rotatable bonds is 0. The average Bonchev–Trinajstić information content (AvgIpc) is 2.33. The molecule has 0 aliphatic carbocycles. The van der Waals surface area contributed by atoms with Gasteiger partial charge in [0.25, 0.3) is 0 Å². The largest absolute Gasteiger partial charge is 0.506 e. The van der Waals surface area contributed by atoms with Gasteiger partial charge in [-0.3, -0.25) is 4.98 Å². The Kier molecular flexibility index (Phi) is 1.12. The van der Waals surface area contributed by atoms with E-state index in [1.54, 1.807) is 6.07 Å². The van der Waals surface area contributed by atoms with Crippen LogP contribution >= 0.6 is 0 Å². The summed E-state index contributed by atoms with van der Waals surface area (Å²) in [5.74, 6) is 0.208. The first-order chi connectivity index (χ1) is 5.27. The number of aromatic hydroxyl groups is 1. The van der Waals surface area contributed by atoms with Gasteiger partial charge in [0.2, 0.25) is 0 Å². The molecule has 3 nitrogen and oxygen atoms in total. The van der Waals surface area contributed by atoms with Gasteiger partial charge in [-0.2, -0.15) is 0 Å². The van der Waals surface area contributed by atoms with Crippen molar-refractivity contribution < 1.29 is 5.11 Å². The Labute approximate surface area is 63.9 Å². The Bertz CT molecular complexity index is 392. The molecule has 3 heteroatoms. The van der Waals surface area contributed by atoms with E-state index in [-0.39, 0.29) is 5.75 Å². The van der Waals surface area contributed by atoms with Crippen molar-refractivity contribution in [3.63, 3.8) is 0 Å². The summed E-state index contributed by atoms with van der Waals surface area (Å²) in [5.41, 5.74) is 1.86. The Hall–Kier alpha value is -1.51. The molecule has 2 rings (SSSR count). The summed E-state index contributed by atoms with van der Waals surface area (Å²) in [6.07, 6.45) is 3.36. The minimum atomic E-state index is 0.208. The van der Waals surface area contributed by atoms with E-state index >= 15 is 0 Å². The maximum absolute atomic E-state index is 9.10. The van der Waals surface area contributed by atoms with Crippen LogP contribution < -0.4 is 0 Å². The quantitative estimate of drug-likeness (QED) is 0.611. The van der Waals surface area contributed by atoms with Gasteiger partial charge in [0, 0.05) is 19.3 Å². The molecule has 0 bridgehead atoms. The predicted molar refractivity (Wildman–Crippen MR) is 42.4 cm³/mol. The molecule has 2 aromatic rings. The molecule has 0 radical (unpaired) electrons. The zero-order chi connectivity index (χ0) is 7.84. The van der Waals surface area contributed by atoms with E-state index in [1.165, 1.54) is 6.20 Å². The number of hydrogen-bond acceptors (Lipinski definition) is 2. The maximum atomic E-state index is 9.10. The molecule has 0 atom stereocenters. The standard InChI is InChI=1S/C8H8N2O/c1-10-3-2-7-8(10)4-6(11)5-9-7/h2-5,11H,1H3. The van der Waals surface area contributed by atoms with Gasteiger partial charge in [0.05, 0.1) is 17.2 Å². The lowest BCUT2D eigenvalue weighted by Gasteiger charge is -1.94. The fraction of sp³-hybridized carbons (Fsp3) is 0.125. The van der Waals surface area contributed by atoms with Crippen LogP contribution in [0.25, 0.3) is 11.0 Å². The van der Waals surface area contributed by atoms with E-state index < -0.39 is 0 Å². The molecular weight excluding hydrogens is 140 g/mol. The lowest BCUT2D eigenvalue weighted by molar-refractivity contribution is 0.473. The van der Waals surface area contributed by atoms with E-state index in [9.17, 15) is 0 Å². The highest BCUT2D eigenvalue weighted by atomic mass is 16.3. The Morgan fingerprint density at radius 1 is 1.55 bits per heavy atom. The van der Waals surface area contributed by atoms with Gasteiger partial charge in [-0.05, 0) is 6.07 Å². The van der Waals surface area contributed by atoms with Crippen molar-refractivity contribution in [3.8, 4) is 5.75 Å². The minimum Gasteiger partial charge on any atom is -0.506 e. The molecule has 0 fully saturated rings. The van der Waals surface area contributed by atoms with Crippen LogP contribution in [0.1, 0.15) is 0 Å². The van der Waals surface area contributed by atoms with E-state index in [0.29, 0.717) is 0 Å². The first-order valence-electron chi connectivity index (χ1n) is 3.37. The normalized spacial score (nSPS) is 10.6. The molecule has 0 saturated carbocycles. The fourth-order valence-corrected chi connectivity index (χ4v) is 1.13. The molecule has 1 N–H and O–H groups in total. The van der Waals surface area contributed by atoms with Crippen LogP contribution in [0, 0.1) is 0 Å². The first kappa shape index (κ1) is 6.22. The van der Waals surface area contributed by atoms with Crippen LogP contribution in [0.5, 0.6) is 5.75 Å². The van der Waals surface area contributed by atoms with Gasteiger partial charge in [-0.15, -0.1) is 0 Å². The van der Waals surface area contributed by atoms with Crippen molar-refractivity contribution in [2.45, 2.75) is 0 Å². The van der Waals surface area contributed by atoms with Crippen molar-refractivity contribution in [1.29, 1.82) is 0 Å². The monoisotopic (exact) mass is 148 g/mol. The summed E-state index contributed by atoms with van der Waals surface area (Å²) < 4.78 is 1.92. The summed E-state index contributed by atoms with van der Waals surface area (Å²) in [6.45, 7) is 0. The summed E-state index contributed by atoms with van der Waals surface area (Å²) >= 11 is 0. The van der Waals surface area contributed by atoms with E-state index in [2.05, 4.69) is 4.98 Å². The van der Waals surface area contributed by atoms with E-state index in [4.69, 9.17) is 5.11 Å². The van der Waals surface area contributed by atoms with Crippen LogP contribution in [0.15, 0.2) is 24.5 Å². The number of fused-ring (bicyclic) bond motifs is 1. The second-order valence-corrected chi connectivity index (χ2v) is 2.52. The van der Waals surface area contributed by atoms with E-state index in [1.807, 2.05) is 23.9 Å². The lowest BCUT2D eigenvalue weighted by atomic mass is 10.4. The number of hydrogen-bond donors (Lipinski definition) is 1. The minimum absolute atomic E-state index is 0.208. The van der Waals surface area contributed by atoms with Gasteiger partial charge >= 0.3 is 0 Å². The molecule has 0 saturated heterocycles. The molecule has 2 heterocycles. The highest BCUT2D eigenvalue weighted by Crippen LogP contribution is 2.16. The average molecular weight is 148 g/mol. The molecule has 56 valence electrons. The number of aryl methyl sites for hydroxylation is 1. The summed E-state index contributed by atoms with van der Waals surface area (Å²) in [4.78, 5) is 4.03. The fourth-order valence-electron chi connectivity index (χ4n) is 1.13. The molecule has 0 aliphatic heterocycles. The molecule has 0 spiro atoms. The van der Waals surface area contributed by atoms with Crippen LogP contribution in [0.4, 0.5) is 0 Å². The van der Waals surface area contributed by atoms with Crippen molar-refractivity contribution in [1.82, 2.24) is 9.55 Å². The third-order valence-corrected chi connectivity index (χ3v) is 1.72. The van der Waals surface area contributed by atoms with Crippen molar-refractivity contribution in [2.75, 3.05) is 0 Å². The zero-order valence-electron chi connectivity index (χ0n) is 6.15. The topological polar surface area (TPSA) is 38.0 Å². The van der Waals surface area contributed by atoms with Crippen molar-refractivity contribution in [3.05, 3.63) is 24.5 Å². The second-order valence-electron chi connectivity index (χ2n) is 2.52. The Morgan fingerprint density at radius 2 is 2.36 bits per heavy atom. The van der Waals surface area contributed by atoms with Crippen LogP contribution in [0.2, 0.25) is 0 Å². The molecule has 11 heavy (non-hydrogen) atoms. The van der Waals surface area contributed by atoms with Crippen LogP contribution in [-0.2, 0) is 7.05 Å². The third-order valence-electron chi connectivity index (χ3n) is 1.72. The van der Waals surface area contributed by atoms with Crippen molar-refractivity contribution in [2.24, 2.45) is 7.05 Å². The summed E-state index contributed by atoms with van der Waals surface area (Å²) in [5, 5.41) is 9.10. The van der Waals surface area contributed by atoms with Gasteiger partial charge in [-0.25, -0.2) is 0 Å². The molecule has 0 amide bonds. The molecule has 0 aliphatic rings. The molecule has 0 unspecified atom stereocenters. The SMILES string of the molecule is Cn1ccc2ncc(O)cc21. The summed E-state index contributed by atoms with van der Waals surface area (Å²) in [7, 11) is 1.92. The number of aromatic nitrogens is 2. The Morgan fingerprint density at radius 3 is 3.18 bits per heavy atom. The highest BCUT2D eigenvalue weighted by Gasteiger charge is 1.98. The maximum Gasteiger partial charge on any atom is 0.135 e. The van der Waals surface area contributed by atoms with Gasteiger partial charge < -0.3 is 9.67 Å². The first-order valence-corrected chi connectivity index (χ1v) is 3.37. The number of nitrogens with zero attached hydrogens (tertiary/aromatic N) is 2. The Balaban J connectivity index is 2.87. The van der Waals surface area contributed by atoms with Crippen LogP contribution in [0.3, 0.4) is 0 Å². The lowest BCUT2D eigenvalue weighted by Crippen LogP contribution is -1.83. The van der Waals surface area contributed by atoms with Gasteiger partial charge in [0.15, 0.2) is 0 Å². The number of pyridine rings is 1. The molecular formula is C8H8N2O. The smallest absolute Gasteiger partial charge is 0.135 e. The van der Waals surface area contributed by atoms with Gasteiger partial charge in [-0.1, -0.05) is 0 Å². The molecule has 2 aromatic heterocycles. The van der Waals surface area contributed by atoms with E-state index in [0.717, 1.165) is 11.0 Å². The predicted octanol–water partition coefficient (Wildman–Crippen LogP) is 1.28. The molecule has 0 aromatic carbocycles. The highest BCUT2D eigenvalue weighted by molar-refractivity contribution is 5.76. The van der Waals surface area contributed by atoms with Crippen molar-refractivity contribution >= 4 is 11.0 Å². The van der Waals surface area contributed by atoms with Gasteiger partial charge in [0.1, 0.15) is 5.75 Å². The third kappa shape index (κ3) is 0.852. The second kappa shape index (κ2) is 1.99. The zero-order valence-corrected chi connectivity index (χ0v) is 6.15. The van der Waals surface area contributed by atoms with Crippen LogP contribution in [-0.4, -0.2) is 14.7 Å². The summed E-state index contributed by atoms with van der Waals surface area (Å²) in [6, 6.07) is 3.61.